The average molecular weight is 339 g/mol. The van der Waals surface area contributed by atoms with E-state index in [0.717, 1.165) is 11.3 Å². The van der Waals surface area contributed by atoms with E-state index in [9.17, 15) is 14.7 Å². The van der Waals surface area contributed by atoms with Gasteiger partial charge >= 0.3 is 0 Å². The molecule has 0 spiro atoms. The third-order valence-corrected chi connectivity index (χ3v) is 4.37. The molecule has 25 heavy (non-hydrogen) atoms. The van der Waals surface area contributed by atoms with E-state index in [1.165, 1.54) is 12.3 Å². The highest BCUT2D eigenvalue weighted by Gasteiger charge is 2.35. The maximum Gasteiger partial charge on any atom is 0.231 e. The maximum atomic E-state index is 12.4. The minimum Gasteiger partial charge on any atom is -0.504 e. The van der Waals surface area contributed by atoms with Crippen LogP contribution >= 0.6 is 0 Å². The molecule has 6 heteroatoms. The molecule has 2 amide bonds. The van der Waals surface area contributed by atoms with Gasteiger partial charge < -0.3 is 15.3 Å². The van der Waals surface area contributed by atoms with Gasteiger partial charge in [-0.1, -0.05) is 26.0 Å². The lowest BCUT2D eigenvalue weighted by atomic mass is 10.0. The summed E-state index contributed by atoms with van der Waals surface area (Å²) in [4.78, 5) is 30.4. The molecule has 0 radical (unpaired) electrons. The molecular weight excluding hydrogens is 318 g/mol. The number of rotatable bonds is 4. The van der Waals surface area contributed by atoms with Crippen molar-refractivity contribution in [2.24, 2.45) is 5.92 Å². The van der Waals surface area contributed by atoms with Crippen LogP contribution in [0.2, 0.25) is 0 Å². The molecule has 1 aromatic carbocycles. The van der Waals surface area contributed by atoms with Crippen LogP contribution in [0, 0.1) is 5.92 Å². The fourth-order valence-electron chi connectivity index (χ4n) is 2.90. The number of carbonyl (C=O) groups is 2. The molecule has 3 rings (SSSR count). The largest absolute Gasteiger partial charge is 0.504 e. The fraction of sp³-hybridized carbons (Fsp3) is 0.316. The molecule has 1 aliphatic rings. The van der Waals surface area contributed by atoms with Crippen LogP contribution in [0.5, 0.6) is 5.75 Å². The first-order valence-corrected chi connectivity index (χ1v) is 8.31. The second-order valence-electron chi connectivity index (χ2n) is 6.52. The van der Waals surface area contributed by atoms with Gasteiger partial charge in [-0.2, -0.15) is 0 Å². The van der Waals surface area contributed by atoms with E-state index >= 15 is 0 Å². The fourth-order valence-corrected chi connectivity index (χ4v) is 2.90. The quantitative estimate of drug-likeness (QED) is 0.897. The third-order valence-electron chi connectivity index (χ3n) is 4.37. The lowest BCUT2D eigenvalue weighted by Crippen LogP contribution is -2.28. The van der Waals surface area contributed by atoms with Gasteiger partial charge in [0.2, 0.25) is 11.8 Å². The predicted octanol–water partition coefficient (Wildman–Crippen LogP) is 2.90. The molecule has 0 aliphatic carbocycles. The lowest BCUT2D eigenvalue weighted by molar-refractivity contribution is -0.122. The first-order chi connectivity index (χ1) is 12.0. The number of pyridine rings is 1. The molecule has 1 aliphatic heterocycles. The Labute approximate surface area is 146 Å². The summed E-state index contributed by atoms with van der Waals surface area (Å²) < 4.78 is 0. The number of aromatic nitrogens is 1. The molecular formula is C19H21N3O3. The van der Waals surface area contributed by atoms with Gasteiger partial charge in [0, 0.05) is 24.8 Å². The van der Waals surface area contributed by atoms with Crippen molar-refractivity contribution in [1.29, 1.82) is 0 Å². The van der Waals surface area contributed by atoms with E-state index in [1.54, 1.807) is 11.0 Å². The third kappa shape index (κ3) is 3.63. The van der Waals surface area contributed by atoms with Crippen LogP contribution in [0.4, 0.5) is 11.5 Å². The number of carbonyl (C=O) groups excluding carboxylic acids is 2. The Bertz CT molecular complexity index is 804. The molecule has 6 nitrogen and oxygen atoms in total. The highest BCUT2D eigenvalue weighted by molar-refractivity contribution is 6.03. The van der Waals surface area contributed by atoms with E-state index in [0.29, 0.717) is 12.5 Å². The SMILES string of the molecule is CC(C)c1cccc(N2C[C@@H](C(=O)Nc3ncccc3O)CC2=O)c1. The van der Waals surface area contributed by atoms with Crippen molar-refractivity contribution in [3.8, 4) is 5.75 Å². The number of hydrogen-bond donors (Lipinski definition) is 2. The van der Waals surface area contributed by atoms with Gasteiger partial charge in [-0.15, -0.1) is 0 Å². The summed E-state index contributed by atoms with van der Waals surface area (Å²) in [6, 6.07) is 10.9. The first-order valence-electron chi connectivity index (χ1n) is 8.31. The molecule has 1 atom stereocenters. The Morgan fingerprint density at radius 2 is 2.12 bits per heavy atom. The topological polar surface area (TPSA) is 82.5 Å². The number of hydrogen-bond acceptors (Lipinski definition) is 4. The van der Waals surface area contributed by atoms with Gasteiger partial charge in [-0.25, -0.2) is 4.98 Å². The Morgan fingerprint density at radius 3 is 2.84 bits per heavy atom. The van der Waals surface area contributed by atoms with Gasteiger partial charge in [0.1, 0.15) is 0 Å². The van der Waals surface area contributed by atoms with Gasteiger partial charge in [0.15, 0.2) is 11.6 Å². The number of benzene rings is 1. The van der Waals surface area contributed by atoms with Gasteiger partial charge in [0.05, 0.1) is 5.92 Å². The summed E-state index contributed by atoms with van der Waals surface area (Å²) in [5, 5.41) is 12.3. The Hall–Kier alpha value is -2.89. The number of amides is 2. The molecule has 1 fully saturated rings. The second-order valence-corrected chi connectivity index (χ2v) is 6.52. The highest BCUT2D eigenvalue weighted by Crippen LogP contribution is 2.29. The van der Waals surface area contributed by atoms with Crippen LogP contribution in [0.3, 0.4) is 0 Å². The standard InChI is InChI=1S/C19H21N3O3/c1-12(2)13-5-3-6-15(9-13)22-11-14(10-17(22)24)19(25)21-18-16(23)7-4-8-20-18/h3-9,12,14,23H,10-11H2,1-2H3,(H,20,21,25)/t14-/m0/s1. The van der Waals surface area contributed by atoms with Gasteiger partial charge in [-0.3, -0.25) is 9.59 Å². The van der Waals surface area contributed by atoms with Gasteiger partial charge in [-0.05, 0) is 35.7 Å². The van der Waals surface area contributed by atoms with Crippen LogP contribution in [-0.2, 0) is 9.59 Å². The molecule has 1 saturated heterocycles. The average Bonchev–Trinajstić information content (AvgIpc) is 2.99. The molecule has 2 heterocycles. The Kier molecular flexibility index (Phi) is 4.70. The summed E-state index contributed by atoms with van der Waals surface area (Å²) in [6.45, 7) is 4.51. The number of nitrogens with zero attached hydrogens (tertiary/aromatic N) is 2. The molecule has 0 bridgehead atoms. The van der Waals surface area contributed by atoms with Crippen molar-refractivity contribution in [3.05, 3.63) is 48.2 Å². The first kappa shape index (κ1) is 17.0. The summed E-state index contributed by atoms with van der Waals surface area (Å²) in [5.74, 6) is -0.487. The van der Waals surface area contributed by atoms with Crippen molar-refractivity contribution >= 4 is 23.3 Å². The van der Waals surface area contributed by atoms with Crippen LogP contribution in [0.1, 0.15) is 31.7 Å². The maximum absolute atomic E-state index is 12.4. The van der Waals surface area contributed by atoms with Crippen LogP contribution in [-0.4, -0.2) is 28.4 Å². The molecule has 0 unspecified atom stereocenters. The lowest BCUT2D eigenvalue weighted by Gasteiger charge is -2.18. The number of aromatic hydroxyl groups is 1. The molecule has 2 aromatic rings. The smallest absolute Gasteiger partial charge is 0.231 e. The zero-order chi connectivity index (χ0) is 18.0. The summed E-state index contributed by atoms with van der Waals surface area (Å²) in [5.41, 5.74) is 1.96. The van der Waals surface area contributed by atoms with Crippen molar-refractivity contribution in [3.63, 3.8) is 0 Å². The van der Waals surface area contributed by atoms with E-state index in [2.05, 4.69) is 24.1 Å². The van der Waals surface area contributed by atoms with Crippen molar-refractivity contribution in [2.45, 2.75) is 26.2 Å². The van der Waals surface area contributed by atoms with E-state index in [1.807, 2.05) is 24.3 Å². The number of nitrogens with one attached hydrogen (secondary N) is 1. The summed E-state index contributed by atoms with van der Waals surface area (Å²) in [7, 11) is 0. The summed E-state index contributed by atoms with van der Waals surface area (Å²) >= 11 is 0. The Balaban J connectivity index is 1.73. The second kappa shape index (κ2) is 6.93. The van der Waals surface area contributed by atoms with E-state index in [4.69, 9.17) is 0 Å². The number of anilines is 2. The molecule has 2 N–H and O–H groups in total. The van der Waals surface area contributed by atoms with Crippen molar-refractivity contribution in [1.82, 2.24) is 4.98 Å². The molecule has 130 valence electrons. The van der Waals surface area contributed by atoms with Crippen molar-refractivity contribution in [2.75, 3.05) is 16.8 Å². The monoisotopic (exact) mass is 339 g/mol. The Morgan fingerprint density at radius 1 is 1.32 bits per heavy atom. The predicted molar refractivity (Wildman–Crippen MR) is 95.5 cm³/mol. The molecule has 1 aromatic heterocycles. The summed E-state index contributed by atoms with van der Waals surface area (Å²) in [6.07, 6.45) is 1.63. The minimum atomic E-state index is -0.475. The van der Waals surface area contributed by atoms with Crippen molar-refractivity contribution < 1.29 is 14.7 Å². The minimum absolute atomic E-state index is 0.0775. The zero-order valence-corrected chi connectivity index (χ0v) is 14.3. The zero-order valence-electron chi connectivity index (χ0n) is 14.3. The van der Waals surface area contributed by atoms with Gasteiger partial charge in [0.25, 0.3) is 0 Å². The van der Waals surface area contributed by atoms with E-state index in [-0.39, 0.29) is 29.8 Å². The highest BCUT2D eigenvalue weighted by atomic mass is 16.3. The molecule has 0 saturated carbocycles. The normalized spacial score (nSPS) is 17.2. The van der Waals surface area contributed by atoms with Crippen LogP contribution in [0.15, 0.2) is 42.6 Å². The van der Waals surface area contributed by atoms with Crippen LogP contribution in [0.25, 0.3) is 0 Å². The van der Waals surface area contributed by atoms with Crippen LogP contribution < -0.4 is 10.2 Å². The van der Waals surface area contributed by atoms with E-state index < -0.39 is 5.92 Å².